The molecule has 0 amide bonds. The molecular weight excluding hydrogens is 550 g/mol. The maximum atomic E-state index is 13.0. The van der Waals surface area contributed by atoms with Gasteiger partial charge in [-0.3, -0.25) is 0 Å². The van der Waals surface area contributed by atoms with Crippen LogP contribution in [0.1, 0.15) is 76.8 Å². The third-order valence-corrected chi connectivity index (χ3v) is 11.0. The molecule has 0 radical (unpaired) electrons. The lowest BCUT2D eigenvalue weighted by Gasteiger charge is -2.57. The number of hydrogen-bond donors (Lipinski definition) is 1. The second kappa shape index (κ2) is 10.5. The third kappa shape index (κ3) is 4.76. The van der Waals surface area contributed by atoms with Crippen LogP contribution in [0.5, 0.6) is 5.75 Å². The van der Waals surface area contributed by atoms with Crippen molar-refractivity contribution in [1.29, 1.82) is 0 Å². The Kier molecular flexibility index (Phi) is 7.10. The Morgan fingerprint density at radius 3 is 2.43 bits per heavy atom. The molecule has 2 fully saturated rings. The van der Waals surface area contributed by atoms with Crippen LogP contribution in [0, 0.1) is 16.7 Å². The second-order valence-corrected chi connectivity index (χ2v) is 13.7. The van der Waals surface area contributed by atoms with Crippen LogP contribution in [-0.4, -0.2) is 26.5 Å². The molecule has 0 aliphatic heterocycles. The van der Waals surface area contributed by atoms with Crippen molar-refractivity contribution >= 4 is 22.0 Å². The van der Waals surface area contributed by atoms with Gasteiger partial charge in [0, 0.05) is 5.41 Å². The van der Waals surface area contributed by atoms with E-state index in [-0.39, 0.29) is 39.3 Å². The molecule has 7 nitrogen and oxygen atoms in total. The molecule has 0 aromatic heterocycles. The highest BCUT2D eigenvalue weighted by Crippen LogP contribution is 2.68. The highest BCUT2D eigenvalue weighted by Gasteiger charge is 2.62. The van der Waals surface area contributed by atoms with Crippen LogP contribution in [0.2, 0.25) is 0 Å². The van der Waals surface area contributed by atoms with Gasteiger partial charge in [0.25, 0.3) is 0 Å². The number of esters is 2. The molecule has 3 aliphatic rings. The van der Waals surface area contributed by atoms with Gasteiger partial charge >= 0.3 is 11.9 Å². The normalized spacial score (nSPS) is 28.1. The third-order valence-electron chi connectivity index (χ3n) is 10.1. The van der Waals surface area contributed by atoms with Gasteiger partial charge in [-0.1, -0.05) is 43.3 Å². The van der Waals surface area contributed by atoms with E-state index < -0.39 is 16.0 Å². The van der Waals surface area contributed by atoms with Crippen molar-refractivity contribution in [3.8, 4) is 5.75 Å². The number of carbonyl (C=O) groups excluding carboxylic acids is 2. The zero-order chi connectivity index (χ0) is 29.7. The van der Waals surface area contributed by atoms with Gasteiger partial charge in [0.15, 0.2) is 0 Å². The first-order valence-corrected chi connectivity index (χ1v) is 16.0. The molecule has 2 saturated carbocycles. The van der Waals surface area contributed by atoms with Gasteiger partial charge in [-0.15, -0.1) is 6.58 Å². The number of carbonyl (C=O) groups is 2. The Morgan fingerprint density at radius 1 is 0.929 bits per heavy atom. The van der Waals surface area contributed by atoms with Gasteiger partial charge in [0.1, 0.15) is 11.9 Å². The predicted molar refractivity (Wildman–Crippen MR) is 159 cm³/mol. The van der Waals surface area contributed by atoms with Gasteiger partial charge in [-0.05, 0) is 109 Å². The highest BCUT2D eigenvalue weighted by atomic mass is 32.2. The van der Waals surface area contributed by atoms with E-state index in [0.29, 0.717) is 17.2 Å². The topological polar surface area (TPSA) is 113 Å². The predicted octanol–water partition coefficient (Wildman–Crippen LogP) is 6.19. The minimum atomic E-state index is -3.94. The lowest BCUT2D eigenvalue weighted by molar-refractivity contribution is -0.0641. The molecule has 42 heavy (non-hydrogen) atoms. The Bertz CT molecular complexity index is 1670. The first-order valence-electron chi connectivity index (χ1n) is 14.4. The molecule has 218 valence electrons. The van der Waals surface area contributed by atoms with Crippen molar-refractivity contribution in [3.05, 3.63) is 108 Å². The second-order valence-electron chi connectivity index (χ2n) is 12.1. The fourth-order valence-corrected chi connectivity index (χ4v) is 8.61. The number of nitrogens with two attached hydrogens (primary N) is 1. The van der Waals surface area contributed by atoms with E-state index in [1.54, 1.807) is 12.1 Å². The van der Waals surface area contributed by atoms with Gasteiger partial charge < -0.3 is 9.47 Å². The molecule has 3 aliphatic carbocycles. The van der Waals surface area contributed by atoms with Gasteiger partial charge in [-0.2, -0.15) is 0 Å². The molecule has 0 unspecified atom stereocenters. The van der Waals surface area contributed by atoms with Crippen molar-refractivity contribution in [2.45, 2.75) is 62.4 Å². The quantitative estimate of drug-likeness (QED) is 0.210. The van der Waals surface area contributed by atoms with Gasteiger partial charge in [0.05, 0.1) is 16.0 Å². The first-order chi connectivity index (χ1) is 20.0. The number of sulfonamides is 1. The van der Waals surface area contributed by atoms with Crippen molar-refractivity contribution in [2.75, 3.05) is 0 Å². The van der Waals surface area contributed by atoms with E-state index in [1.165, 1.54) is 29.8 Å². The van der Waals surface area contributed by atoms with Crippen LogP contribution in [0.25, 0.3) is 0 Å². The van der Waals surface area contributed by atoms with E-state index in [4.69, 9.17) is 14.6 Å². The van der Waals surface area contributed by atoms with Gasteiger partial charge in [0.2, 0.25) is 10.0 Å². The molecule has 0 heterocycles. The minimum absolute atomic E-state index is 0.111. The van der Waals surface area contributed by atoms with Gasteiger partial charge in [-0.25, -0.2) is 23.1 Å². The number of fused-ring (bicyclic) bond motifs is 5. The lowest BCUT2D eigenvalue weighted by atomic mass is 9.47. The standard InChI is InChI=1S/C34H35NO6S/c1-3-34-19-16-23-20-25(40-32(37)24-10-7-11-26(21-24)42(35,38)39)12-13-27(23)28(34)17-18-33(2)29(34)14-15-30(33)41-31(36)22-8-5-4-6-9-22/h3-13,20-21,28-30H,1,14-19H2,2H3,(H2,35,38,39)/t28-,29-,30+,33+,34-/m1/s1. The molecule has 5 atom stereocenters. The van der Waals surface area contributed by atoms with Crippen molar-refractivity contribution in [2.24, 2.45) is 21.9 Å². The van der Waals surface area contributed by atoms with Crippen LogP contribution in [0.4, 0.5) is 0 Å². The molecule has 6 rings (SSSR count). The number of aryl methyl sites for hydroxylation is 1. The molecule has 0 spiro atoms. The van der Waals surface area contributed by atoms with E-state index in [1.807, 2.05) is 30.3 Å². The number of rotatable bonds is 6. The molecular formula is C34H35NO6S. The average Bonchev–Trinajstić information content (AvgIpc) is 3.33. The van der Waals surface area contributed by atoms with Crippen molar-refractivity contribution < 1.29 is 27.5 Å². The average molecular weight is 586 g/mol. The zero-order valence-corrected chi connectivity index (χ0v) is 24.4. The van der Waals surface area contributed by atoms with E-state index in [2.05, 4.69) is 25.6 Å². The van der Waals surface area contributed by atoms with Crippen LogP contribution < -0.4 is 9.88 Å². The molecule has 8 heteroatoms. The van der Waals surface area contributed by atoms with E-state index >= 15 is 0 Å². The summed E-state index contributed by atoms with van der Waals surface area (Å²) in [5, 5.41) is 5.21. The SMILES string of the molecule is C=C[C@@]12CCc3cc(OC(=O)c4cccc(S(N)(=O)=O)c4)ccc3[C@H]1CC[C@]1(C)[C@@H](OC(=O)c3ccccc3)CC[C@H]12. The van der Waals surface area contributed by atoms with Crippen molar-refractivity contribution in [1.82, 2.24) is 0 Å². The van der Waals surface area contributed by atoms with Crippen LogP contribution >= 0.6 is 0 Å². The molecule has 3 aromatic carbocycles. The summed E-state index contributed by atoms with van der Waals surface area (Å²) >= 11 is 0. The molecule has 0 saturated heterocycles. The fraction of sp³-hybridized carbons (Fsp3) is 0.353. The maximum Gasteiger partial charge on any atom is 0.343 e. The summed E-state index contributed by atoms with van der Waals surface area (Å²) in [6, 6.07) is 20.5. The number of benzene rings is 3. The number of ether oxygens (including phenoxy) is 2. The number of hydrogen-bond acceptors (Lipinski definition) is 6. The summed E-state index contributed by atoms with van der Waals surface area (Å²) in [6.07, 6.45) is 7.48. The number of primary sulfonamides is 1. The fourth-order valence-electron chi connectivity index (χ4n) is 8.05. The summed E-state index contributed by atoms with van der Waals surface area (Å²) < 4.78 is 35.2. The van der Waals surface area contributed by atoms with Crippen LogP contribution in [0.15, 0.2) is 90.3 Å². The molecule has 3 aromatic rings. The highest BCUT2D eigenvalue weighted by molar-refractivity contribution is 7.89. The summed E-state index contributed by atoms with van der Waals surface area (Å²) in [4.78, 5) is 25.7. The van der Waals surface area contributed by atoms with E-state index in [9.17, 15) is 18.0 Å². The smallest absolute Gasteiger partial charge is 0.343 e. The summed E-state index contributed by atoms with van der Waals surface area (Å²) in [5.74, 6) is 0.125. The Hall–Kier alpha value is -3.75. The summed E-state index contributed by atoms with van der Waals surface area (Å²) in [7, 11) is -3.94. The maximum absolute atomic E-state index is 13.0. The largest absolute Gasteiger partial charge is 0.458 e. The van der Waals surface area contributed by atoms with Crippen LogP contribution in [0.3, 0.4) is 0 Å². The lowest BCUT2D eigenvalue weighted by Crippen LogP contribution is -2.51. The van der Waals surface area contributed by atoms with Crippen LogP contribution in [-0.2, 0) is 21.2 Å². The molecule has 0 bridgehead atoms. The monoisotopic (exact) mass is 585 g/mol. The van der Waals surface area contributed by atoms with E-state index in [0.717, 1.165) is 44.1 Å². The number of allylic oxidation sites excluding steroid dienone is 1. The first kappa shape index (κ1) is 28.4. The summed E-state index contributed by atoms with van der Waals surface area (Å²) in [6.45, 7) is 6.63. The Balaban J connectivity index is 1.22. The van der Waals surface area contributed by atoms with Crippen molar-refractivity contribution in [3.63, 3.8) is 0 Å². The Morgan fingerprint density at radius 2 is 1.69 bits per heavy atom. The zero-order valence-electron chi connectivity index (χ0n) is 23.6. The summed E-state index contributed by atoms with van der Waals surface area (Å²) in [5.41, 5.74) is 2.85. The molecule has 2 N–H and O–H groups in total. The minimum Gasteiger partial charge on any atom is -0.458 e. The Labute approximate surface area is 246 Å².